The Balaban J connectivity index is 1.69. The van der Waals surface area contributed by atoms with Gasteiger partial charge in [0.1, 0.15) is 11.5 Å². The predicted molar refractivity (Wildman–Crippen MR) is 100 cm³/mol. The number of methoxy groups -OCH3 is 2. The number of rotatable bonds is 7. The van der Waals surface area contributed by atoms with E-state index < -0.39 is 32.8 Å². The van der Waals surface area contributed by atoms with Crippen LogP contribution in [0.4, 0.5) is 0 Å². The molecule has 146 valence electrons. The quantitative estimate of drug-likeness (QED) is 0.535. The highest BCUT2D eigenvalue weighted by Gasteiger charge is 2.93. The van der Waals surface area contributed by atoms with Crippen molar-refractivity contribution in [2.24, 2.45) is 0 Å². The SMILES string of the molecule is COc1ccc([C@@H]2C[C@]2([N+](=O)[O-])[C@@]2([N+](=O)[O-])C[C@H]2c2ccc(OC)cc2)cc1. The summed E-state index contributed by atoms with van der Waals surface area (Å²) in [5.41, 5.74) is -1.70. The minimum Gasteiger partial charge on any atom is -0.497 e. The molecule has 0 saturated heterocycles. The number of hydrogen-bond donors (Lipinski definition) is 0. The van der Waals surface area contributed by atoms with Crippen LogP contribution in [0.15, 0.2) is 48.5 Å². The van der Waals surface area contributed by atoms with Gasteiger partial charge in [0.2, 0.25) is 0 Å². The summed E-state index contributed by atoms with van der Waals surface area (Å²) in [5.74, 6) is 0.314. The molecule has 8 heteroatoms. The summed E-state index contributed by atoms with van der Waals surface area (Å²) >= 11 is 0. The van der Waals surface area contributed by atoms with E-state index in [1.165, 1.54) is 0 Å². The van der Waals surface area contributed by atoms with Gasteiger partial charge in [-0.15, -0.1) is 0 Å². The Bertz CT molecular complexity index is 851. The Morgan fingerprint density at radius 1 is 0.750 bits per heavy atom. The standard InChI is InChI=1S/C20H20N2O6/c1-27-15-7-3-13(4-8-15)17-11-19(17,21(23)24)20(22(25)26)12-18(20)14-5-9-16(28-2)10-6-14/h3-10,17-18H,11-12H2,1-2H3/t17-,18-,19+,20+/m0/s1. The van der Waals surface area contributed by atoms with E-state index in [9.17, 15) is 20.2 Å². The summed E-state index contributed by atoms with van der Waals surface area (Å²) in [6, 6.07) is 13.9. The van der Waals surface area contributed by atoms with Gasteiger partial charge < -0.3 is 9.47 Å². The number of nitro groups is 2. The fourth-order valence-corrected chi connectivity index (χ4v) is 4.64. The minimum absolute atomic E-state index is 0.167. The third kappa shape index (κ3) is 2.37. The van der Waals surface area contributed by atoms with Crippen molar-refractivity contribution in [3.63, 3.8) is 0 Å². The maximum atomic E-state index is 12.1. The fraction of sp³-hybridized carbons (Fsp3) is 0.400. The van der Waals surface area contributed by atoms with Crippen LogP contribution in [0.2, 0.25) is 0 Å². The van der Waals surface area contributed by atoms with E-state index in [2.05, 4.69) is 0 Å². The molecular formula is C20H20N2O6. The number of nitrogens with zero attached hydrogens (tertiary/aromatic N) is 2. The van der Waals surface area contributed by atoms with E-state index >= 15 is 0 Å². The zero-order valence-electron chi connectivity index (χ0n) is 15.5. The molecule has 4 atom stereocenters. The molecule has 0 spiro atoms. The van der Waals surface area contributed by atoms with Crippen LogP contribution in [0, 0.1) is 20.2 Å². The molecule has 2 fully saturated rings. The summed E-state index contributed by atoms with van der Waals surface area (Å²) in [4.78, 5) is 23.4. The molecule has 28 heavy (non-hydrogen) atoms. The van der Waals surface area contributed by atoms with E-state index in [0.29, 0.717) is 11.5 Å². The molecule has 0 radical (unpaired) electrons. The second kappa shape index (κ2) is 6.19. The molecule has 4 rings (SSSR count). The molecule has 2 aliphatic carbocycles. The van der Waals surface area contributed by atoms with Crippen molar-refractivity contribution in [1.82, 2.24) is 0 Å². The van der Waals surface area contributed by atoms with Gasteiger partial charge in [0, 0.05) is 22.7 Å². The van der Waals surface area contributed by atoms with Gasteiger partial charge in [0.05, 0.1) is 26.1 Å². The van der Waals surface area contributed by atoms with E-state index in [-0.39, 0.29) is 12.8 Å². The van der Waals surface area contributed by atoms with Crippen molar-refractivity contribution in [3.05, 3.63) is 79.9 Å². The molecule has 8 nitrogen and oxygen atoms in total. The smallest absolute Gasteiger partial charge is 0.298 e. The van der Waals surface area contributed by atoms with Gasteiger partial charge in [-0.2, -0.15) is 0 Å². The highest BCUT2D eigenvalue weighted by atomic mass is 16.7. The molecule has 0 unspecified atom stereocenters. The van der Waals surface area contributed by atoms with Crippen molar-refractivity contribution < 1.29 is 19.3 Å². The third-order valence-electron chi connectivity index (χ3n) is 6.30. The van der Waals surface area contributed by atoms with Crippen molar-refractivity contribution in [2.75, 3.05) is 14.2 Å². The highest BCUT2D eigenvalue weighted by molar-refractivity contribution is 5.46. The number of hydrogen-bond acceptors (Lipinski definition) is 6. The fourth-order valence-electron chi connectivity index (χ4n) is 4.64. The molecule has 0 aromatic heterocycles. The lowest BCUT2D eigenvalue weighted by atomic mass is 9.93. The Morgan fingerprint density at radius 2 is 1.07 bits per heavy atom. The maximum Gasteiger partial charge on any atom is 0.298 e. The summed E-state index contributed by atoms with van der Waals surface area (Å²) < 4.78 is 10.3. The number of ether oxygens (including phenoxy) is 2. The summed E-state index contributed by atoms with van der Waals surface area (Å²) in [6.07, 6.45) is 0.333. The molecular weight excluding hydrogens is 364 g/mol. The van der Waals surface area contributed by atoms with Crippen LogP contribution in [0.3, 0.4) is 0 Å². The molecule has 2 aliphatic rings. The first-order valence-corrected chi connectivity index (χ1v) is 8.97. The zero-order valence-corrected chi connectivity index (χ0v) is 15.5. The van der Waals surface area contributed by atoms with Crippen LogP contribution in [-0.4, -0.2) is 35.1 Å². The van der Waals surface area contributed by atoms with E-state index in [0.717, 1.165) is 11.1 Å². The van der Waals surface area contributed by atoms with Gasteiger partial charge in [-0.3, -0.25) is 20.2 Å². The van der Waals surface area contributed by atoms with Crippen LogP contribution in [-0.2, 0) is 0 Å². The average Bonchev–Trinajstić information content (AvgIpc) is 3.60. The normalized spacial score (nSPS) is 30.4. The average molecular weight is 384 g/mol. The Labute approximate surface area is 161 Å². The Kier molecular flexibility index (Phi) is 4.02. The van der Waals surface area contributed by atoms with Crippen LogP contribution < -0.4 is 9.47 Å². The summed E-state index contributed by atoms with van der Waals surface area (Å²) in [7, 11) is 3.08. The monoisotopic (exact) mass is 384 g/mol. The molecule has 0 amide bonds. The Morgan fingerprint density at radius 3 is 1.32 bits per heavy atom. The van der Waals surface area contributed by atoms with Crippen molar-refractivity contribution in [1.29, 1.82) is 0 Å². The van der Waals surface area contributed by atoms with Crippen molar-refractivity contribution >= 4 is 0 Å². The second-order valence-electron chi connectivity index (χ2n) is 7.42. The first kappa shape index (κ1) is 18.2. The van der Waals surface area contributed by atoms with Crippen LogP contribution in [0.1, 0.15) is 35.8 Å². The van der Waals surface area contributed by atoms with E-state index in [4.69, 9.17) is 9.47 Å². The van der Waals surface area contributed by atoms with Gasteiger partial charge in [-0.1, -0.05) is 24.3 Å². The maximum absolute atomic E-state index is 12.1. The lowest BCUT2D eigenvalue weighted by Crippen LogP contribution is -2.46. The van der Waals surface area contributed by atoms with Crippen LogP contribution >= 0.6 is 0 Å². The van der Waals surface area contributed by atoms with Crippen molar-refractivity contribution in [2.45, 2.75) is 35.8 Å². The van der Waals surface area contributed by atoms with Crippen LogP contribution in [0.25, 0.3) is 0 Å². The van der Waals surface area contributed by atoms with Gasteiger partial charge in [0.15, 0.2) is 0 Å². The molecule has 2 aromatic carbocycles. The molecule has 0 aliphatic heterocycles. The summed E-state index contributed by atoms with van der Waals surface area (Å²) in [5, 5.41) is 24.2. The first-order valence-electron chi connectivity index (χ1n) is 8.97. The number of benzene rings is 2. The molecule has 2 aromatic rings. The van der Waals surface area contributed by atoms with Gasteiger partial charge in [-0.05, 0) is 35.4 Å². The van der Waals surface area contributed by atoms with Crippen LogP contribution in [0.5, 0.6) is 11.5 Å². The molecule has 0 bridgehead atoms. The van der Waals surface area contributed by atoms with Gasteiger partial charge >= 0.3 is 0 Å². The lowest BCUT2D eigenvalue weighted by molar-refractivity contribution is -0.644. The van der Waals surface area contributed by atoms with E-state index in [1.54, 1.807) is 62.8 Å². The molecule has 0 N–H and O–H groups in total. The second-order valence-corrected chi connectivity index (χ2v) is 7.42. The van der Waals surface area contributed by atoms with Gasteiger partial charge in [-0.25, -0.2) is 0 Å². The Hall–Kier alpha value is -3.16. The molecule has 2 saturated carbocycles. The highest BCUT2D eigenvalue weighted by Crippen LogP contribution is 2.73. The minimum atomic E-state index is -1.59. The van der Waals surface area contributed by atoms with E-state index in [1.807, 2.05) is 0 Å². The summed E-state index contributed by atoms with van der Waals surface area (Å²) in [6.45, 7) is 0. The zero-order chi connectivity index (χ0) is 20.1. The largest absolute Gasteiger partial charge is 0.497 e. The van der Waals surface area contributed by atoms with Crippen molar-refractivity contribution in [3.8, 4) is 11.5 Å². The third-order valence-corrected chi connectivity index (χ3v) is 6.30. The first-order chi connectivity index (χ1) is 13.4. The lowest BCUT2D eigenvalue weighted by Gasteiger charge is -2.16. The predicted octanol–water partition coefficient (Wildman–Crippen LogP) is 3.41. The van der Waals surface area contributed by atoms with Gasteiger partial charge in [0.25, 0.3) is 11.1 Å². The molecule has 0 heterocycles. The topological polar surface area (TPSA) is 105 Å².